The number of hydrogen-bond acceptors (Lipinski definition) is 3. The van der Waals surface area contributed by atoms with Crippen molar-refractivity contribution in [2.24, 2.45) is 5.92 Å². The third-order valence-corrected chi connectivity index (χ3v) is 4.18. The lowest BCUT2D eigenvalue weighted by Crippen LogP contribution is -2.53. The molecule has 0 saturated carbocycles. The van der Waals surface area contributed by atoms with Gasteiger partial charge in [-0.05, 0) is 30.4 Å². The van der Waals surface area contributed by atoms with Crippen molar-refractivity contribution in [2.75, 3.05) is 31.7 Å². The number of methoxy groups -OCH3 is 1. The molecule has 0 radical (unpaired) electrons. The van der Waals surface area contributed by atoms with E-state index in [-0.39, 0.29) is 17.9 Å². The number of benzene rings is 1. The summed E-state index contributed by atoms with van der Waals surface area (Å²) in [7, 11) is 1.63. The normalized spacial score (nSPS) is 14.4. The molecule has 0 saturated heterocycles. The van der Waals surface area contributed by atoms with Gasteiger partial charge in [0.05, 0.1) is 0 Å². The van der Waals surface area contributed by atoms with E-state index in [2.05, 4.69) is 10.6 Å². The molecule has 24 heavy (non-hydrogen) atoms. The van der Waals surface area contributed by atoms with E-state index in [1.165, 1.54) is 5.56 Å². The van der Waals surface area contributed by atoms with Crippen molar-refractivity contribution >= 4 is 17.6 Å². The maximum atomic E-state index is 12.9. The second-order valence-corrected chi connectivity index (χ2v) is 6.34. The SMILES string of the molecule is COCCCNC(=O)NC(C(=O)N1CCc2ccccc21)C(C)C. The first-order valence-corrected chi connectivity index (χ1v) is 8.47. The highest BCUT2D eigenvalue weighted by molar-refractivity contribution is 6.00. The van der Waals surface area contributed by atoms with Crippen LogP contribution in [0.5, 0.6) is 0 Å². The average Bonchev–Trinajstić information content (AvgIpc) is 3.00. The molecule has 1 unspecified atom stereocenters. The number of fused-ring (bicyclic) bond motifs is 1. The molecule has 2 N–H and O–H groups in total. The Morgan fingerprint density at radius 3 is 2.75 bits per heavy atom. The van der Waals surface area contributed by atoms with Gasteiger partial charge < -0.3 is 20.3 Å². The predicted octanol–water partition coefficient (Wildman–Crippen LogP) is 1.94. The second-order valence-electron chi connectivity index (χ2n) is 6.34. The first-order valence-electron chi connectivity index (χ1n) is 8.47. The summed E-state index contributed by atoms with van der Waals surface area (Å²) in [6.07, 6.45) is 1.60. The third kappa shape index (κ3) is 4.47. The van der Waals surface area contributed by atoms with Gasteiger partial charge in [-0.25, -0.2) is 4.79 Å². The summed E-state index contributed by atoms with van der Waals surface area (Å²) in [5.41, 5.74) is 2.13. The Labute approximate surface area is 143 Å². The standard InChI is InChI=1S/C18H27N3O3/c1-13(2)16(20-18(23)19-10-6-12-24-3)17(22)21-11-9-14-7-4-5-8-15(14)21/h4-5,7-8,13,16H,6,9-12H2,1-3H3,(H2,19,20,23). The monoisotopic (exact) mass is 333 g/mol. The van der Waals surface area contributed by atoms with Crippen LogP contribution >= 0.6 is 0 Å². The zero-order valence-electron chi connectivity index (χ0n) is 14.7. The molecule has 0 spiro atoms. The molecule has 0 bridgehead atoms. The van der Waals surface area contributed by atoms with Gasteiger partial charge in [-0.15, -0.1) is 0 Å². The van der Waals surface area contributed by atoms with Crippen LogP contribution in [-0.4, -0.2) is 44.8 Å². The maximum absolute atomic E-state index is 12.9. The number of anilines is 1. The molecule has 132 valence electrons. The molecule has 1 aliphatic rings. The highest BCUT2D eigenvalue weighted by Crippen LogP contribution is 2.28. The van der Waals surface area contributed by atoms with E-state index in [4.69, 9.17) is 4.74 Å². The molecule has 1 heterocycles. The predicted molar refractivity (Wildman–Crippen MR) is 94.2 cm³/mol. The van der Waals surface area contributed by atoms with Gasteiger partial charge in [-0.2, -0.15) is 0 Å². The van der Waals surface area contributed by atoms with Crippen LogP contribution in [0.25, 0.3) is 0 Å². The van der Waals surface area contributed by atoms with Crippen molar-refractivity contribution in [1.29, 1.82) is 0 Å². The van der Waals surface area contributed by atoms with Crippen LogP contribution in [0, 0.1) is 5.92 Å². The highest BCUT2D eigenvalue weighted by Gasteiger charge is 2.32. The van der Waals surface area contributed by atoms with E-state index in [0.717, 1.165) is 18.5 Å². The van der Waals surface area contributed by atoms with Crippen LogP contribution in [0.4, 0.5) is 10.5 Å². The maximum Gasteiger partial charge on any atom is 0.315 e. The van der Waals surface area contributed by atoms with Crippen molar-refractivity contribution in [1.82, 2.24) is 10.6 Å². The van der Waals surface area contributed by atoms with Crippen LogP contribution in [0.2, 0.25) is 0 Å². The molecular formula is C18H27N3O3. The lowest BCUT2D eigenvalue weighted by molar-refractivity contribution is -0.121. The summed E-state index contributed by atoms with van der Waals surface area (Å²) in [5, 5.41) is 5.59. The molecule has 3 amide bonds. The van der Waals surface area contributed by atoms with Gasteiger partial charge in [0, 0.05) is 32.5 Å². The molecule has 1 aliphatic heterocycles. The Hall–Kier alpha value is -2.08. The fraction of sp³-hybridized carbons (Fsp3) is 0.556. The summed E-state index contributed by atoms with van der Waals surface area (Å²) in [6, 6.07) is 7.07. The molecule has 2 rings (SSSR count). The van der Waals surface area contributed by atoms with Crippen LogP contribution in [0.3, 0.4) is 0 Å². The topological polar surface area (TPSA) is 70.7 Å². The summed E-state index contributed by atoms with van der Waals surface area (Å²) < 4.78 is 4.95. The van der Waals surface area contributed by atoms with Crippen molar-refractivity contribution in [2.45, 2.75) is 32.7 Å². The molecule has 1 aromatic rings. The number of carbonyl (C=O) groups is 2. The van der Waals surface area contributed by atoms with E-state index in [0.29, 0.717) is 19.7 Å². The van der Waals surface area contributed by atoms with Crippen molar-refractivity contribution in [3.63, 3.8) is 0 Å². The van der Waals surface area contributed by atoms with Crippen molar-refractivity contribution in [3.8, 4) is 0 Å². The van der Waals surface area contributed by atoms with E-state index in [1.807, 2.05) is 38.1 Å². The van der Waals surface area contributed by atoms with Crippen LogP contribution < -0.4 is 15.5 Å². The van der Waals surface area contributed by atoms with E-state index in [1.54, 1.807) is 12.0 Å². The summed E-state index contributed by atoms with van der Waals surface area (Å²) in [4.78, 5) is 26.8. The van der Waals surface area contributed by atoms with Gasteiger partial charge in [0.25, 0.3) is 0 Å². The van der Waals surface area contributed by atoms with Gasteiger partial charge in [-0.3, -0.25) is 4.79 Å². The van der Waals surface area contributed by atoms with Crippen molar-refractivity contribution < 1.29 is 14.3 Å². The zero-order valence-corrected chi connectivity index (χ0v) is 14.7. The highest BCUT2D eigenvalue weighted by atomic mass is 16.5. The summed E-state index contributed by atoms with van der Waals surface area (Å²) in [6.45, 7) is 5.66. The summed E-state index contributed by atoms with van der Waals surface area (Å²) >= 11 is 0. The zero-order chi connectivity index (χ0) is 17.5. The number of urea groups is 1. The molecule has 6 nitrogen and oxygen atoms in total. The smallest absolute Gasteiger partial charge is 0.315 e. The number of hydrogen-bond donors (Lipinski definition) is 2. The average molecular weight is 333 g/mol. The Kier molecular flexibility index (Phi) is 6.61. The van der Waals surface area contributed by atoms with Gasteiger partial charge >= 0.3 is 6.03 Å². The minimum Gasteiger partial charge on any atom is -0.385 e. The van der Waals surface area contributed by atoms with E-state index in [9.17, 15) is 9.59 Å². The Morgan fingerprint density at radius 2 is 2.04 bits per heavy atom. The number of para-hydroxylation sites is 1. The largest absolute Gasteiger partial charge is 0.385 e. The molecule has 0 fully saturated rings. The number of nitrogens with zero attached hydrogens (tertiary/aromatic N) is 1. The lowest BCUT2D eigenvalue weighted by atomic mass is 10.0. The fourth-order valence-corrected chi connectivity index (χ4v) is 2.86. The Bertz CT molecular complexity index is 574. The van der Waals surface area contributed by atoms with Crippen molar-refractivity contribution in [3.05, 3.63) is 29.8 Å². The number of carbonyl (C=O) groups excluding carboxylic acids is 2. The Morgan fingerprint density at radius 1 is 1.29 bits per heavy atom. The lowest BCUT2D eigenvalue weighted by Gasteiger charge is -2.27. The molecule has 0 aromatic heterocycles. The van der Waals surface area contributed by atoms with Crippen LogP contribution in [0.1, 0.15) is 25.8 Å². The molecule has 1 atom stereocenters. The van der Waals surface area contributed by atoms with Gasteiger partial charge in [0.15, 0.2) is 0 Å². The quantitative estimate of drug-likeness (QED) is 0.749. The molecular weight excluding hydrogens is 306 g/mol. The first kappa shape index (κ1) is 18.3. The summed E-state index contributed by atoms with van der Waals surface area (Å²) in [5.74, 6) is -0.0445. The third-order valence-electron chi connectivity index (χ3n) is 4.18. The van der Waals surface area contributed by atoms with Crippen LogP contribution in [0.15, 0.2) is 24.3 Å². The van der Waals surface area contributed by atoms with Gasteiger partial charge in [-0.1, -0.05) is 32.0 Å². The Balaban J connectivity index is 1.98. The fourth-order valence-electron chi connectivity index (χ4n) is 2.86. The van der Waals surface area contributed by atoms with E-state index < -0.39 is 6.04 Å². The van der Waals surface area contributed by atoms with Gasteiger partial charge in [0.2, 0.25) is 5.91 Å². The number of rotatable bonds is 7. The number of ether oxygens (including phenoxy) is 1. The second kappa shape index (κ2) is 8.68. The van der Waals surface area contributed by atoms with E-state index >= 15 is 0 Å². The molecule has 1 aromatic carbocycles. The minimum absolute atomic E-state index is 0.00925. The van der Waals surface area contributed by atoms with Gasteiger partial charge in [0.1, 0.15) is 6.04 Å². The number of amides is 3. The minimum atomic E-state index is -0.543. The number of nitrogens with one attached hydrogen (secondary N) is 2. The van der Waals surface area contributed by atoms with Crippen LogP contribution in [-0.2, 0) is 16.0 Å². The first-order chi connectivity index (χ1) is 11.5. The molecule has 6 heteroatoms. The molecule has 0 aliphatic carbocycles.